The Morgan fingerprint density at radius 2 is 1.95 bits per heavy atom. The van der Waals surface area contributed by atoms with Crippen LogP contribution in [0.2, 0.25) is 0 Å². The van der Waals surface area contributed by atoms with E-state index in [1.54, 1.807) is 0 Å². The number of carbonyl (C=O) groups is 1. The Bertz CT molecular complexity index is 292. The van der Waals surface area contributed by atoms with E-state index in [9.17, 15) is 4.79 Å². The van der Waals surface area contributed by atoms with Crippen LogP contribution in [0.4, 0.5) is 0 Å². The van der Waals surface area contributed by atoms with Gasteiger partial charge >= 0.3 is 0 Å². The Kier molecular flexibility index (Phi) is 5.26. The number of rotatable bonds is 4. The fourth-order valence-corrected chi connectivity index (χ4v) is 3.83. The van der Waals surface area contributed by atoms with Gasteiger partial charge in [-0.15, -0.1) is 0 Å². The number of piperidine rings is 1. The molecule has 0 radical (unpaired) electrons. The first kappa shape index (κ1) is 14.8. The normalized spacial score (nSPS) is 30.8. The van der Waals surface area contributed by atoms with Crippen molar-refractivity contribution in [1.29, 1.82) is 0 Å². The molecule has 1 aliphatic heterocycles. The molecule has 0 aromatic carbocycles. The summed E-state index contributed by atoms with van der Waals surface area (Å²) in [6, 6.07) is 0.421. The van der Waals surface area contributed by atoms with Crippen molar-refractivity contribution in [2.45, 2.75) is 71.3 Å². The predicted molar refractivity (Wildman–Crippen MR) is 79.0 cm³/mol. The van der Waals surface area contributed by atoms with E-state index in [0.717, 1.165) is 38.8 Å². The number of amides is 1. The van der Waals surface area contributed by atoms with Gasteiger partial charge in [0.1, 0.15) is 0 Å². The number of hydrogen-bond acceptors (Lipinski definition) is 2. The van der Waals surface area contributed by atoms with E-state index in [1.807, 2.05) is 0 Å². The summed E-state index contributed by atoms with van der Waals surface area (Å²) in [6.45, 7) is 6.47. The summed E-state index contributed by atoms with van der Waals surface area (Å²) >= 11 is 0. The van der Waals surface area contributed by atoms with E-state index in [2.05, 4.69) is 24.5 Å². The zero-order valence-electron chi connectivity index (χ0n) is 12.6. The van der Waals surface area contributed by atoms with Crippen LogP contribution in [-0.2, 0) is 4.79 Å². The molecule has 1 aliphatic carbocycles. The van der Waals surface area contributed by atoms with Crippen molar-refractivity contribution in [3.05, 3.63) is 0 Å². The molecule has 1 saturated heterocycles. The van der Waals surface area contributed by atoms with E-state index < -0.39 is 0 Å². The first-order valence-electron chi connectivity index (χ1n) is 8.19. The second-order valence-corrected chi connectivity index (χ2v) is 6.62. The Hall–Kier alpha value is -0.570. The first-order chi connectivity index (χ1) is 9.18. The van der Waals surface area contributed by atoms with Crippen molar-refractivity contribution in [3.63, 3.8) is 0 Å². The second kappa shape index (κ2) is 6.74. The summed E-state index contributed by atoms with van der Waals surface area (Å²) in [4.78, 5) is 12.8. The van der Waals surface area contributed by atoms with Gasteiger partial charge in [0.15, 0.2) is 0 Å². The van der Waals surface area contributed by atoms with Gasteiger partial charge in [-0.3, -0.25) is 4.79 Å². The predicted octanol–water partition coefficient (Wildman–Crippen LogP) is 2.85. The highest BCUT2D eigenvalue weighted by molar-refractivity contribution is 5.83. The van der Waals surface area contributed by atoms with Gasteiger partial charge in [-0.25, -0.2) is 0 Å². The molecule has 3 heteroatoms. The average Bonchev–Trinajstić information content (AvgIpc) is 2.42. The molecule has 3 nitrogen and oxygen atoms in total. The molecule has 2 atom stereocenters. The van der Waals surface area contributed by atoms with Gasteiger partial charge in [0.25, 0.3) is 0 Å². The molecular formula is C16H30N2O. The highest BCUT2D eigenvalue weighted by atomic mass is 16.2. The van der Waals surface area contributed by atoms with Gasteiger partial charge < -0.3 is 10.6 Å². The summed E-state index contributed by atoms with van der Waals surface area (Å²) in [5.74, 6) is 0.993. The van der Waals surface area contributed by atoms with Crippen molar-refractivity contribution < 1.29 is 4.79 Å². The lowest BCUT2D eigenvalue weighted by molar-refractivity contribution is -0.134. The van der Waals surface area contributed by atoms with Crippen LogP contribution in [0, 0.1) is 11.3 Å². The Morgan fingerprint density at radius 3 is 2.58 bits per heavy atom. The van der Waals surface area contributed by atoms with Crippen LogP contribution in [0.3, 0.4) is 0 Å². The highest BCUT2D eigenvalue weighted by Crippen LogP contribution is 2.35. The third-order valence-corrected chi connectivity index (χ3v) is 5.20. The maximum absolute atomic E-state index is 12.8. The lowest BCUT2D eigenvalue weighted by Crippen LogP contribution is -2.52. The van der Waals surface area contributed by atoms with Crippen molar-refractivity contribution in [1.82, 2.24) is 10.6 Å². The molecule has 2 N–H and O–H groups in total. The molecule has 1 saturated carbocycles. The Labute approximate surface area is 117 Å². The van der Waals surface area contributed by atoms with Crippen LogP contribution in [-0.4, -0.2) is 25.0 Å². The highest BCUT2D eigenvalue weighted by Gasteiger charge is 2.39. The van der Waals surface area contributed by atoms with Crippen molar-refractivity contribution in [3.8, 4) is 0 Å². The van der Waals surface area contributed by atoms with Gasteiger partial charge in [0.05, 0.1) is 5.41 Å². The fraction of sp³-hybridized carbons (Fsp3) is 0.938. The zero-order chi connectivity index (χ0) is 13.7. The van der Waals surface area contributed by atoms with Crippen molar-refractivity contribution in [2.24, 2.45) is 11.3 Å². The van der Waals surface area contributed by atoms with Gasteiger partial charge in [-0.2, -0.15) is 0 Å². The lowest BCUT2D eigenvalue weighted by Gasteiger charge is -2.39. The molecule has 0 bridgehead atoms. The van der Waals surface area contributed by atoms with Crippen LogP contribution in [0.15, 0.2) is 0 Å². The largest absolute Gasteiger partial charge is 0.353 e. The number of carbonyl (C=O) groups excluding carboxylic acids is 1. The third kappa shape index (κ3) is 3.50. The summed E-state index contributed by atoms with van der Waals surface area (Å²) in [7, 11) is 0. The van der Waals surface area contributed by atoms with Crippen LogP contribution < -0.4 is 10.6 Å². The van der Waals surface area contributed by atoms with Crippen LogP contribution in [0.5, 0.6) is 0 Å². The summed E-state index contributed by atoms with van der Waals surface area (Å²) in [6.07, 6.45) is 9.21. The molecule has 110 valence electrons. The number of nitrogens with one attached hydrogen (secondary N) is 2. The van der Waals surface area contributed by atoms with Crippen molar-refractivity contribution >= 4 is 5.91 Å². The van der Waals surface area contributed by atoms with E-state index >= 15 is 0 Å². The maximum Gasteiger partial charge on any atom is 0.226 e. The molecule has 2 rings (SSSR count). The van der Waals surface area contributed by atoms with E-state index in [0.29, 0.717) is 17.9 Å². The molecule has 2 unspecified atom stereocenters. The number of hydrogen-bond donors (Lipinski definition) is 2. The molecule has 1 amide bonds. The van der Waals surface area contributed by atoms with Gasteiger partial charge in [-0.1, -0.05) is 33.1 Å². The molecule has 19 heavy (non-hydrogen) atoms. The van der Waals surface area contributed by atoms with E-state index in [-0.39, 0.29) is 5.41 Å². The van der Waals surface area contributed by atoms with Crippen LogP contribution >= 0.6 is 0 Å². The smallest absolute Gasteiger partial charge is 0.226 e. The molecule has 2 aliphatic rings. The standard InChI is InChI=1S/C16H30N2O/c1-3-8-16(9-11-17-12-10-16)15(19)18-14-7-5-4-6-13(14)2/h13-14,17H,3-12H2,1-2H3,(H,18,19). The minimum Gasteiger partial charge on any atom is -0.353 e. The quantitative estimate of drug-likeness (QED) is 0.821. The molecule has 0 spiro atoms. The molecule has 2 fully saturated rings. The Morgan fingerprint density at radius 1 is 1.26 bits per heavy atom. The van der Waals surface area contributed by atoms with Crippen molar-refractivity contribution in [2.75, 3.05) is 13.1 Å². The van der Waals surface area contributed by atoms with Gasteiger partial charge in [0, 0.05) is 6.04 Å². The summed E-state index contributed by atoms with van der Waals surface area (Å²) < 4.78 is 0. The minimum absolute atomic E-state index is 0.0861. The molecular weight excluding hydrogens is 236 g/mol. The van der Waals surface area contributed by atoms with E-state index in [1.165, 1.54) is 25.7 Å². The average molecular weight is 266 g/mol. The molecule has 1 heterocycles. The van der Waals surface area contributed by atoms with Crippen LogP contribution in [0.1, 0.15) is 65.2 Å². The first-order valence-corrected chi connectivity index (χ1v) is 8.19. The Balaban J connectivity index is 1.98. The maximum atomic E-state index is 12.8. The van der Waals surface area contributed by atoms with Gasteiger partial charge in [-0.05, 0) is 51.1 Å². The van der Waals surface area contributed by atoms with Gasteiger partial charge in [0.2, 0.25) is 5.91 Å². The minimum atomic E-state index is -0.0861. The third-order valence-electron chi connectivity index (χ3n) is 5.20. The SMILES string of the molecule is CCCC1(C(=O)NC2CCCCC2C)CCNCC1. The van der Waals surface area contributed by atoms with Crippen LogP contribution in [0.25, 0.3) is 0 Å². The monoisotopic (exact) mass is 266 g/mol. The zero-order valence-corrected chi connectivity index (χ0v) is 12.6. The second-order valence-electron chi connectivity index (χ2n) is 6.62. The fourth-order valence-electron chi connectivity index (χ4n) is 3.83. The molecule has 0 aromatic heterocycles. The molecule has 0 aromatic rings. The summed E-state index contributed by atoms with van der Waals surface area (Å²) in [5.41, 5.74) is -0.0861. The topological polar surface area (TPSA) is 41.1 Å². The van der Waals surface area contributed by atoms with E-state index in [4.69, 9.17) is 0 Å². The summed E-state index contributed by atoms with van der Waals surface area (Å²) in [5, 5.41) is 6.78. The lowest BCUT2D eigenvalue weighted by atomic mass is 9.74.